The fraction of sp³-hybridized carbons (Fsp3) is 0.440. The molecule has 0 saturated heterocycles. The molecule has 0 bridgehead atoms. The van der Waals surface area contributed by atoms with E-state index in [-0.39, 0.29) is 17.9 Å². The lowest BCUT2D eigenvalue weighted by Gasteiger charge is -2.31. The van der Waals surface area contributed by atoms with Crippen LogP contribution in [0.2, 0.25) is 5.02 Å². The molecule has 0 heterocycles. The van der Waals surface area contributed by atoms with Gasteiger partial charge in [-0.3, -0.25) is 9.59 Å². The van der Waals surface area contributed by atoms with Gasteiger partial charge in [0.2, 0.25) is 11.8 Å². The van der Waals surface area contributed by atoms with Gasteiger partial charge in [-0.2, -0.15) is 0 Å². The van der Waals surface area contributed by atoms with Gasteiger partial charge in [-0.25, -0.2) is 0 Å². The number of rotatable bonds is 9. The van der Waals surface area contributed by atoms with Crippen LogP contribution in [0.5, 0.6) is 0 Å². The maximum absolute atomic E-state index is 13.2. The molecule has 2 amide bonds. The summed E-state index contributed by atoms with van der Waals surface area (Å²) in [5.41, 5.74) is 2.00. The minimum absolute atomic E-state index is 0.0451. The number of nitrogens with zero attached hydrogens (tertiary/aromatic N) is 1. The second kappa shape index (κ2) is 12.7. The van der Waals surface area contributed by atoms with Crippen molar-refractivity contribution < 1.29 is 9.59 Å². The Bertz CT molecular complexity index is 903. The zero-order chi connectivity index (χ0) is 22.9. The van der Waals surface area contributed by atoms with Gasteiger partial charge < -0.3 is 10.2 Å². The predicted molar refractivity (Wildman–Crippen MR) is 137 cm³/mol. The third kappa shape index (κ3) is 7.53. The highest BCUT2D eigenvalue weighted by Crippen LogP contribution is 2.22. The lowest BCUT2D eigenvalue weighted by molar-refractivity contribution is -0.139. The molecule has 1 N–H and O–H groups in total. The van der Waals surface area contributed by atoms with Crippen LogP contribution in [0.3, 0.4) is 0 Å². The van der Waals surface area contributed by atoms with Crippen LogP contribution in [0.1, 0.15) is 50.2 Å². The van der Waals surface area contributed by atoms with E-state index < -0.39 is 6.04 Å². The Hall–Kier alpha value is -1.50. The van der Waals surface area contributed by atoms with Gasteiger partial charge in [-0.1, -0.05) is 77.1 Å². The molecule has 1 aliphatic rings. The molecule has 32 heavy (non-hydrogen) atoms. The average Bonchev–Trinajstić information content (AvgIpc) is 2.80. The molecule has 0 radical (unpaired) electrons. The van der Waals surface area contributed by atoms with Gasteiger partial charge in [0.25, 0.3) is 0 Å². The molecule has 1 atom stereocenters. The molecule has 2 aromatic rings. The van der Waals surface area contributed by atoms with Gasteiger partial charge in [0.15, 0.2) is 0 Å². The minimum Gasteiger partial charge on any atom is -0.352 e. The largest absolute Gasteiger partial charge is 0.352 e. The monoisotopic (exact) mass is 536 g/mol. The number of hydrogen-bond acceptors (Lipinski definition) is 3. The van der Waals surface area contributed by atoms with Crippen LogP contribution < -0.4 is 5.32 Å². The normalized spacial score (nSPS) is 15.2. The van der Waals surface area contributed by atoms with E-state index in [9.17, 15) is 9.59 Å². The quantitative estimate of drug-likeness (QED) is 0.414. The predicted octanol–water partition coefficient (Wildman–Crippen LogP) is 6.20. The van der Waals surface area contributed by atoms with Gasteiger partial charge >= 0.3 is 0 Å². The van der Waals surface area contributed by atoms with Crippen molar-refractivity contribution in [1.29, 1.82) is 0 Å². The molecule has 0 spiro atoms. The third-order valence-corrected chi connectivity index (χ3v) is 7.69. The first-order valence-electron chi connectivity index (χ1n) is 11.1. The van der Waals surface area contributed by atoms with Crippen LogP contribution in [0.15, 0.2) is 53.0 Å². The third-order valence-electron chi connectivity index (χ3n) is 5.83. The summed E-state index contributed by atoms with van der Waals surface area (Å²) in [6, 6.07) is 15.2. The number of benzene rings is 2. The number of carbonyl (C=O) groups excluding carboxylic acids is 2. The van der Waals surface area contributed by atoms with Gasteiger partial charge in [-0.05, 0) is 49.1 Å². The number of amides is 2. The summed E-state index contributed by atoms with van der Waals surface area (Å²) in [4.78, 5) is 27.9. The van der Waals surface area contributed by atoms with E-state index in [1.165, 1.54) is 18.2 Å². The van der Waals surface area contributed by atoms with Crippen molar-refractivity contribution in [3.63, 3.8) is 0 Å². The first-order chi connectivity index (χ1) is 15.4. The number of halogens is 2. The van der Waals surface area contributed by atoms with E-state index in [0.29, 0.717) is 23.1 Å². The topological polar surface area (TPSA) is 49.4 Å². The van der Waals surface area contributed by atoms with Crippen molar-refractivity contribution in [2.24, 2.45) is 0 Å². The van der Waals surface area contributed by atoms with Crippen LogP contribution in [-0.4, -0.2) is 34.6 Å². The number of hydrogen-bond donors (Lipinski definition) is 1. The van der Waals surface area contributed by atoms with E-state index in [0.717, 1.165) is 41.3 Å². The van der Waals surface area contributed by atoms with Gasteiger partial charge in [0.1, 0.15) is 6.04 Å². The van der Waals surface area contributed by atoms with Crippen LogP contribution >= 0.6 is 39.3 Å². The first-order valence-corrected chi connectivity index (χ1v) is 13.4. The minimum atomic E-state index is -0.533. The summed E-state index contributed by atoms with van der Waals surface area (Å²) < 4.78 is 0.984. The van der Waals surface area contributed by atoms with Crippen molar-refractivity contribution in [2.45, 2.75) is 63.4 Å². The summed E-state index contributed by atoms with van der Waals surface area (Å²) >= 11 is 11.2. The van der Waals surface area contributed by atoms with Crippen molar-refractivity contribution >= 4 is 51.1 Å². The standard InChI is InChI=1S/C25H30BrClN2O2S/c1-18(25(31)28-22-8-3-2-4-9-22)29(15-19-11-13-21(26)14-12-19)24(30)17-32-16-20-7-5-6-10-23(20)27/h5-7,10-14,18,22H,2-4,8-9,15-17H2,1H3,(H,28,31)/t18-/m1/s1. The highest BCUT2D eigenvalue weighted by Gasteiger charge is 2.28. The highest BCUT2D eigenvalue weighted by molar-refractivity contribution is 9.10. The first kappa shape index (κ1) is 25.1. The number of nitrogens with one attached hydrogen (secondary N) is 1. The molecule has 0 aromatic heterocycles. The summed E-state index contributed by atoms with van der Waals surface area (Å²) in [5.74, 6) is 0.831. The Morgan fingerprint density at radius 2 is 1.81 bits per heavy atom. The van der Waals surface area contributed by atoms with E-state index in [4.69, 9.17) is 11.6 Å². The molecule has 3 rings (SSSR count). The molecular formula is C25H30BrClN2O2S. The van der Waals surface area contributed by atoms with Gasteiger partial charge in [0.05, 0.1) is 5.75 Å². The Labute approximate surface area is 208 Å². The van der Waals surface area contributed by atoms with E-state index in [1.807, 2.05) is 55.5 Å². The van der Waals surface area contributed by atoms with Crippen molar-refractivity contribution in [3.8, 4) is 0 Å². The summed E-state index contributed by atoms with van der Waals surface area (Å²) in [7, 11) is 0. The fourth-order valence-corrected chi connectivity index (χ4v) is 5.34. The SMILES string of the molecule is C[C@H](C(=O)NC1CCCCC1)N(Cc1ccc(Br)cc1)C(=O)CSCc1ccccc1Cl. The van der Waals surface area contributed by atoms with Crippen LogP contribution in [-0.2, 0) is 21.9 Å². The molecule has 4 nitrogen and oxygen atoms in total. The zero-order valence-corrected chi connectivity index (χ0v) is 21.5. The molecule has 0 aliphatic heterocycles. The molecule has 0 unspecified atom stereocenters. The van der Waals surface area contributed by atoms with E-state index >= 15 is 0 Å². The van der Waals surface area contributed by atoms with Gasteiger partial charge in [0, 0.05) is 27.8 Å². The van der Waals surface area contributed by atoms with Crippen molar-refractivity contribution in [2.75, 3.05) is 5.75 Å². The Morgan fingerprint density at radius 1 is 1.12 bits per heavy atom. The molecule has 1 fully saturated rings. The Balaban J connectivity index is 1.65. The molecule has 7 heteroatoms. The molecular weight excluding hydrogens is 508 g/mol. The fourth-order valence-electron chi connectivity index (χ4n) is 3.88. The Morgan fingerprint density at radius 3 is 2.50 bits per heavy atom. The lowest BCUT2D eigenvalue weighted by atomic mass is 9.95. The number of thioether (sulfide) groups is 1. The molecule has 2 aromatic carbocycles. The Kier molecular flexibility index (Phi) is 9.94. The highest BCUT2D eigenvalue weighted by atomic mass is 79.9. The smallest absolute Gasteiger partial charge is 0.242 e. The van der Waals surface area contributed by atoms with Crippen LogP contribution in [0.4, 0.5) is 0 Å². The van der Waals surface area contributed by atoms with Gasteiger partial charge in [-0.15, -0.1) is 11.8 Å². The van der Waals surface area contributed by atoms with Crippen LogP contribution in [0.25, 0.3) is 0 Å². The molecule has 172 valence electrons. The van der Waals surface area contributed by atoms with E-state index in [2.05, 4.69) is 21.2 Å². The second-order valence-electron chi connectivity index (χ2n) is 8.25. The molecule has 1 aliphatic carbocycles. The van der Waals surface area contributed by atoms with Crippen LogP contribution in [0, 0.1) is 0 Å². The average molecular weight is 538 g/mol. The zero-order valence-electron chi connectivity index (χ0n) is 18.4. The van der Waals surface area contributed by atoms with Crippen molar-refractivity contribution in [3.05, 3.63) is 69.2 Å². The van der Waals surface area contributed by atoms with Crippen molar-refractivity contribution in [1.82, 2.24) is 10.2 Å². The summed E-state index contributed by atoms with van der Waals surface area (Å²) in [5, 5.41) is 3.88. The second-order valence-corrected chi connectivity index (χ2v) is 10.6. The molecule has 1 saturated carbocycles. The summed E-state index contributed by atoms with van der Waals surface area (Å²) in [6.07, 6.45) is 5.58. The maximum Gasteiger partial charge on any atom is 0.242 e. The van der Waals surface area contributed by atoms with E-state index in [1.54, 1.807) is 4.90 Å². The summed E-state index contributed by atoms with van der Waals surface area (Å²) in [6.45, 7) is 2.23. The number of carbonyl (C=O) groups is 2. The lowest BCUT2D eigenvalue weighted by Crippen LogP contribution is -2.50. The maximum atomic E-state index is 13.2.